The van der Waals surface area contributed by atoms with E-state index < -0.39 is 0 Å². The lowest BCUT2D eigenvalue weighted by molar-refractivity contribution is -0.125. The molecule has 0 saturated carbocycles. The highest BCUT2D eigenvalue weighted by atomic mass is 16.5. The number of amides is 1. The lowest BCUT2D eigenvalue weighted by atomic mass is 9.96. The SMILES string of the molecule is COc1ccc(-c2noc(N3CCC(C(=O)NCCN4CCc5ccccc5C4)CC3)n2)cc1. The Balaban J connectivity index is 1.06. The van der Waals surface area contributed by atoms with Crippen molar-refractivity contribution in [1.29, 1.82) is 0 Å². The molecule has 2 aromatic carbocycles. The Kier molecular flexibility index (Phi) is 6.76. The Morgan fingerprint density at radius 1 is 1.09 bits per heavy atom. The highest BCUT2D eigenvalue weighted by molar-refractivity contribution is 5.78. The van der Waals surface area contributed by atoms with E-state index in [1.165, 1.54) is 11.1 Å². The maximum Gasteiger partial charge on any atom is 0.324 e. The van der Waals surface area contributed by atoms with Crippen molar-refractivity contribution in [2.75, 3.05) is 44.7 Å². The highest BCUT2D eigenvalue weighted by Gasteiger charge is 2.27. The van der Waals surface area contributed by atoms with Gasteiger partial charge in [0.05, 0.1) is 7.11 Å². The molecule has 5 rings (SSSR count). The molecule has 8 heteroatoms. The van der Waals surface area contributed by atoms with E-state index in [4.69, 9.17) is 9.26 Å². The number of aromatic nitrogens is 2. The summed E-state index contributed by atoms with van der Waals surface area (Å²) in [6, 6.07) is 16.7. The molecule has 0 atom stereocenters. The van der Waals surface area contributed by atoms with Gasteiger partial charge < -0.3 is 19.5 Å². The average molecular weight is 462 g/mol. The number of nitrogens with zero attached hydrogens (tertiary/aromatic N) is 4. The van der Waals surface area contributed by atoms with Crippen LogP contribution in [0.2, 0.25) is 0 Å². The summed E-state index contributed by atoms with van der Waals surface area (Å²) in [6.07, 6.45) is 2.64. The summed E-state index contributed by atoms with van der Waals surface area (Å²) in [5, 5.41) is 7.27. The number of benzene rings is 2. The second-order valence-corrected chi connectivity index (χ2v) is 8.98. The van der Waals surface area contributed by atoms with E-state index in [0.29, 0.717) is 18.4 Å². The maximum atomic E-state index is 12.7. The number of carbonyl (C=O) groups excluding carboxylic acids is 1. The van der Waals surface area contributed by atoms with Gasteiger partial charge in [-0.15, -0.1) is 0 Å². The molecule has 1 aromatic heterocycles. The Hall–Kier alpha value is -3.39. The van der Waals surface area contributed by atoms with Crippen LogP contribution in [0.4, 0.5) is 6.01 Å². The number of hydrogen-bond acceptors (Lipinski definition) is 7. The number of anilines is 1. The molecule has 2 aliphatic rings. The molecule has 0 radical (unpaired) electrons. The van der Waals surface area contributed by atoms with Gasteiger partial charge in [0.15, 0.2) is 0 Å². The number of methoxy groups -OCH3 is 1. The summed E-state index contributed by atoms with van der Waals surface area (Å²) in [5.74, 6) is 1.52. The van der Waals surface area contributed by atoms with Crippen molar-refractivity contribution in [1.82, 2.24) is 20.4 Å². The molecule has 1 amide bonds. The monoisotopic (exact) mass is 461 g/mol. The number of nitrogens with one attached hydrogen (secondary N) is 1. The number of fused-ring (bicyclic) bond motifs is 1. The fourth-order valence-electron chi connectivity index (χ4n) is 4.76. The summed E-state index contributed by atoms with van der Waals surface area (Å²) in [7, 11) is 1.64. The first-order chi connectivity index (χ1) is 16.7. The van der Waals surface area contributed by atoms with Crippen LogP contribution < -0.4 is 15.0 Å². The van der Waals surface area contributed by atoms with Crippen LogP contribution in [0.5, 0.6) is 5.75 Å². The van der Waals surface area contributed by atoms with Gasteiger partial charge in [0.25, 0.3) is 0 Å². The average Bonchev–Trinajstić information content (AvgIpc) is 3.39. The van der Waals surface area contributed by atoms with E-state index in [9.17, 15) is 4.79 Å². The van der Waals surface area contributed by atoms with Crippen molar-refractivity contribution >= 4 is 11.9 Å². The molecule has 1 saturated heterocycles. The largest absolute Gasteiger partial charge is 0.497 e. The smallest absolute Gasteiger partial charge is 0.324 e. The van der Waals surface area contributed by atoms with E-state index in [1.54, 1.807) is 7.11 Å². The van der Waals surface area contributed by atoms with Gasteiger partial charge in [-0.1, -0.05) is 29.4 Å². The standard InChI is InChI=1S/C26H31N5O3/c1-33-23-8-6-20(7-9-23)24-28-26(34-29-24)31-15-11-21(12-16-31)25(32)27-13-17-30-14-10-19-4-2-3-5-22(19)18-30/h2-9,21H,10-18H2,1H3,(H,27,32). The fourth-order valence-corrected chi connectivity index (χ4v) is 4.76. The topological polar surface area (TPSA) is 83.7 Å². The minimum atomic E-state index is 0.0299. The third-order valence-corrected chi connectivity index (χ3v) is 6.84. The van der Waals surface area contributed by atoms with Crippen molar-refractivity contribution in [3.63, 3.8) is 0 Å². The summed E-state index contributed by atoms with van der Waals surface area (Å²) in [4.78, 5) is 21.7. The first kappa shape index (κ1) is 22.4. The van der Waals surface area contributed by atoms with E-state index in [0.717, 1.165) is 63.3 Å². The Labute approximate surface area is 199 Å². The zero-order valence-corrected chi connectivity index (χ0v) is 19.6. The van der Waals surface area contributed by atoms with Gasteiger partial charge in [-0.25, -0.2) is 0 Å². The number of ether oxygens (including phenoxy) is 1. The van der Waals surface area contributed by atoms with Crippen molar-refractivity contribution in [2.24, 2.45) is 5.92 Å². The molecule has 1 N–H and O–H groups in total. The van der Waals surface area contributed by atoms with Crippen LogP contribution in [0.1, 0.15) is 24.0 Å². The van der Waals surface area contributed by atoms with Gasteiger partial charge in [-0.3, -0.25) is 9.69 Å². The Morgan fingerprint density at radius 3 is 2.62 bits per heavy atom. The van der Waals surface area contributed by atoms with Crippen LogP contribution in [0.3, 0.4) is 0 Å². The number of piperidine rings is 1. The normalized spacial score (nSPS) is 16.8. The first-order valence-corrected chi connectivity index (χ1v) is 12.0. The summed E-state index contributed by atoms with van der Waals surface area (Å²) in [5.41, 5.74) is 3.73. The zero-order valence-electron chi connectivity index (χ0n) is 19.6. The Bertz CT molecular complexity index is 1110. The molecule has 0 bridgehead atoms. The molecule has 8 nitrogen and oxygen atoms in total. The van der Waals surface area contributed by atoms with Crippen molar-refractivity contribution < 1.29 is 14.1 Å². The minimum absolute atomic E-state index is 0.0299. The van der Waals surface area contributed by atoms with Crippen molar-refractivity contribution in [3.05, 3.63) is 59.7 Å². The summed E-state index contributed by atoms with van der Waals surface area (Å²) in [6.45, 7) is 5.04. The molecule has 3 aromatic rings. The van der Waals surface area contributed by atoms with Gasteiger partial charge in [0, 0.05) is 50.7 Å². The third-order valence-electron chi connectivity index (χ3n) is 6.84. The third kappa shape index (κ3) is 5.07. The molecular weight excluding hydrogens is 430 g/mol. The van der Waals surface area contributed by atoms with Gasteiger partial charge in [-0.2, -0.15) is 4.98 Å². The Morgan fingerprint density at radius 2 is 1.85 bits per heavy atom. The molecule has 0 aliphatic carbocycles. The van der Waals surface area contributed by atoms with E-state index in [1.807, 2.05) is 24.3 Å². The predicted molar refractivity (Wildman–Crippen MR) is 130 cm³/mol. The number of hydrogen-bond donors (Lipinski definition) is 1. The van der Waals surface area contributed by atoms with Crippen LogP contribution in [0.15, 0.2) is 53.1 Å². The van der Waals surface area contributed by atoms with Gasteiger partial charge >= 0.3 is 6.01 Å². The van der Waals surface area contributed by atoms with Crippen LogP contribution in [-0.4, -0.2) is 60.8 Å². The lowest BCUT2D eigenvalue weighted by Crippen LogP contribution is -2.43. The van der Waals surface area contributed by atoms with E-state index in [-0.39, 0.29) is 11.8 Å². The molecule has 34 heavy (non-hydrogen) atoms. The van der Waals surface area contributed by atoms with Gasteiger partial charge in [0.2, 0.25) is 11.7 Å². The van der Waals surface area contributed by atoms with Gasteiger partial charge in [0.1, 0.15) is 5.75 Å². The minimum Gasteiger partial charge on any atom is -0.497 e. The molecule has 178 valence electrons. The molecule has 1 fully saturated rings. The first-order valence-electron chi connectivity index (χ1n) is 12.0. The van der Waals surface area contributed by atoms with E-state index >= 15 is 0 Å². The van der Waals surface area contributed by atoms with Crippen molar-refractivity contribution in [2.45, 2.75) is 25.8 Å². The summed E-state index contributed by atoms with van der Waals surface area (Å²) >= 11 is 0. The quantitative estimate of drug-likeness (QED) is 0.579. The molecular formula is C26H31N5O3. The predicted octanol–water partition coefficient (Wildman–Crippen LogP) is 3.14. The van der Waals surface area contributed by atoms with Crippen LogP contribution in [0.25, 0.3) is 11.4 Å². The molecule has 2 aliphatic heterocycles. The molecule has 3 heterocycles. The highest BCUT2D eigenvalue weighted by Crippen LogP contribution is 2.26. The van der Waals surface area contributed by atoms with E-state index in [2.05, 4.69) is 49.5 Å². The van der Waals surface area contributed by atoms with Crippen LogP contribution >= 0.6 is 0 Å². The summed E-state index contributed by atoms with van der Waals surface area (Å²) < 4.78 is 10.7. The maximum absolute atomic E-state index is 12.7. The number of carbonyl (C=O) groups is 1. The second-order valence-electron chi connectivity index (χ2n) is 8.98. The van der Waals surface area contributed by atoms with Crippen LogP contribution in [0, 0.1) is 5.92 Å². The fraction of sp³-hybridized carbons (Fsp3) is 0.423. The molecule has 0 unspecified atom stereocenters. The molecule has 0 spiro atoms. The van der Waals surface area contributed by atoms with Gasteiger partial charge in [-0.05, 0) is 54.7 Å². The zero-order chi connectivity index (χ0) is 23.3. The van der Waals surface area contributed by atoms with Crippen molar-refractivity contribution in [3.8, 4) is 17.1 Å². The second kappa shape index (κ2) is 10.3. The number of rotatable bonds is 7. The van der Waals surface area contributed by atoms with Crippen LogP contribution in [-0.2, 0) is 17.8 Å². The lowest BCUT2D eigenvalue weighted by Gasteiger charge is -2.31.